The first-order chi connectivity index (χ1) is 14.5. The molecule has 6 nitrogen and oxygen atoms in total. The van der Waals surface area contributed by atoms with Gasteiger partial charge in [-0.3, -0.25) is 9.69 Å². The summed E-state index contributed by atoms with van der Waals surface area (Å²) >= 11 is 6.56. The molecule has 0 spiro atoms. The number of carbonyl (C=O) groups is 1. The Morgan fingerprint density at radius 1 is 1.00 bits per heavy atom. The summed E-state index contributed by atoms with van der Waals surface area (Å²) in [7, 11) is 3.19. The van der Waals surface area contributed by atoms with E-state index in [9.17, 15) is 4.79 Å². The number of ether oxygens (including phenoxy) is 4. The second kappa shape index (κ2) is 10.4. The molecule has 3 rings (SSSR count). The summed E-state index contributed by atoms with van der Waals surface area (Å²) in [5.74, 6) is 2.56. The highest BCUT2D eigenvalue weighted by molar-refractivity contribution is 8.26. The maximum absolute atomic E-state index is 12.4. The van der Waals surface area contributed by atoms with E-state index in [1.54, 1.807) is 19.1 Å². The monoisotopic (exact) mass is 445 g/mol. The molecule has 0 N–H and O–H groups in total. The number of amides is 1. The number of benzene rings is 2. The Kier molecular flexibility index (Phi) is 7.59. The smallest absolute Gasteiger partial charge is 0.266 e. The summed E-state index contributed by atoms with van der Waals surface area (Å²) in [4.78, 5) is 14.6. The molecule has 0 aromatic heterocycles. The van der Waals surface area contributed by atoms with E-state index in [1.165, 1.54) is 11.8 Å². The van der Waals surface area contributed by atoms with Gasteiger partial charge < -0.3 is 18.9 Å². The Labute approximate surface area is 185 Å². The summed E-state index contributed by atoms with van der Waals surface area (Å²) in [6.07, 6.45) is 1.81. The van der Waals surface area contributed by atoms with Gasteiger partial charge in [0, 0.05) is 12.6 Å². The van der Waals surface area contributed by atoms with E-state index in [2.05, 4.69) is 0 Å². The van der Waals surface area contributed by atoms with Crippen LogP contribution >= 0.6 is 24.0 Å². The first kappa shape index (κ1) is 22.0. The van der Waals surface area contributed by atoms with Crippen LogP contribution in [-0.2, 0) is 4.79 Å². The molecule has 0 atom stereocenters. The fourth-order valence-electron chi connectivity index (χ4n) is 2.82. The van der Waals surface area contributed by atoms with Gasteiger partial charge in [-0.2, -0.15) is 0 Å². The van der Waals surface area contributed by atoms with Gasteiger partial charge in [-0.05, 0) is 42.8 Å². The van der Waals surface area contributed by atoms with Crippen molar-refractivity contribution in [3.05, 3.63) is 52.9 Å². The summed E-state index contributed by atoms with van der Waals surface area (Å²) in [6.45, 7) is 3.19. The van der Waals surface area contributed by atoms with Crippen LogP contribution in [0.5, 0.6) is 23.0 Å². The van der Waals surface area contributed by atoms with Crippen LogP contribution in [-0.4, -0.2) is 49.1 Å². The molecule has 1 heterocycles. The molecule has 0 saturated carbocycles. The number of likely N-dealkylation sites (N-methyl/N-ethyl adjacent to an activating group) is 1. The largest absolute Gasteiger partial charge is 0.497 e. The van der Waals surface area contributed by atoms with Gasteiger partial charge in [0.15, 0.2) is 11.5 Å². The Balaban J connectivity index is 1.61. The highest BCUT2D eigenvalue weighted by Crippen LogP contribution is 2.34. The summed E-state index contributed by atoms with van der Waals surface area (Å²) in [6, 6.07) is 12.9. The molecule has 0 unspecified atom stereocenters. The van der Waals surface area contributed by atoms with Crippen molar-refractivity contribution in [3.63, 3.8) is 0 Å². The molecule has 1 aliphatic heterocycles. The maximum atomic E-state index is 12.4. The molecule has 158 valence electrons. The molecular weight excluding hydrogens is 422 g/mol. The van der Waals surface area contributed by atoms with Crippen LogP contribution in [0.1, 0.15) is 12.5 Å². The van der Waals surface area contributed by atoms with E-state index in [-0.39, 0.29) is 5.91 Å². The van der Waals surface area contributed by atoms with E-state index >= 15 is 0 Å². The number of rotatable bonds is 9. The van der Waals surface area contributed by atoms with Crippen LogP contribution in [0, 0.1) is 0 Å². The zero-order valence-electron chi connectivity index (χ0n) is 17.0. The van der Waals surface area contributed by atoms with Gasteiger partial charge in [-0.25, -0.2) is 0 Å². The lowest BCUT2D eigenvalue weighted by atomic mass is 10.2. The van der Waals surface area contributed by atoms with Crippen molar-refractivity contribution in [2.24, 2.45) is 0 Å². The Morgan fingerprint density at radius 2 is 1.77 bits per heavy atom. The van der Waals surface area contributed by atoms with Crippen molar-refractivity contribution in [1.82, 2.24) is 4.90 Å². The van der Waals surface area contributed by atoms with Crippen molar-refractivity contribution < 1.29 is 23.7 Å². The van der Waals surface area contributed by atoms with Crippen molar-refractivity contribution in [3.8, 4) is 23.0 Å². The zero-order chi connectivity index (χ0) is 21.5. The first-order valence-corrected chi connectivity index (χ1v) is 10.6. The maximum Gasteiger partial charge on any atom is 0.266 e. The summed E-state index contributed by atoms with van der Waals surface area (Å²) in [5.41, 5.74) is 0.837. The van der Waals surface area contributed by atoms with Crippen LogP contribution in [0.25, 0.3) is 6.08 Å². The van der Waals surface area contributed by atoms with Gasteiger partial charge in [0.2, 0.25) is 0 Å². The number of hydrogen-bond acceptors (Lipinski definition) is 7. The van der Waals surface area contributed by atoms with Crippen LogP contribution in [0.4, 0.5) is 0 Å². The van der Waals surface area contributed by atoms with Gasteiger partial charge in [0.25, 0.3) is 5.91 Å². The molecule has 1 aliphatic rings. The second-order valence-corrected chi connectivity index (χ2v) is 7.89. The first-order valence-electron chi connectivity index (χ1n) is 9.38. The standard InChI is InChI=1S/C22H23NO5S2/c1-4-23-21(24)20(30-22(23)29)13-15-8-9-18(19(12-15)26-3)28-11-10-27-17-7-5-6-16(14-17)25-2/h5-9,12-14H,4,10-11H2,1-3H3. The molecule has 2 aromatic carbocycles. The third kappa shape index (κ3) is 5.25. The van der Waals surface area contributed by atoms with E-state index in [0.29, 0.717) is 46.2 Å². The van der Waals surface area contributed by atoms with Gasteiger partial charge in [-0.1, -0.05) is 36.1 Å². The summed E-state index contributed by atoms with van der Waals surface area (Å²) in [5, 5.41) is 0. The second-order valence-electron chi connectivity index (χ2n) is 6.21. The summed E-state index contributed by atoms with van der Waals surface area (Å²) < 4.78 is 22.7. The van der Waals surface area contributed by atoms with Crippen LogP contribution < -0.4 is 18.9 Å². The van der Waals surface area contributed by atoms with Gasteiger partial charge in [-0.15, -0.1) is 0 Å². The van der Waals surface area contributed by atoms with E-state index in [0.717, 1.165) is 11.3 Å². The third-order valence-electron chi connectivity index (χ3n) is 4.33. The number of nitrogens with zero attached hydrogens (tertiary/aromatic N) is 1. The van der Waals surface area contributed by atoms with Crippen molar-refractivity contribution in [2.75, 3.05) is 34.0 Å². The van der Waals surface area contributed by atoms with Crippen molar-refractivity contribution in [1.29, 1.82) is 0 Å². The fraction of sp³-hybridized carbons (Fsp3) is 0.273. The van der Waals surface area contributed by atoms with E-state index in [1.807, 2.05) is 55.5 Å². The van der Waals surface area contributed by atoms with Gasteiger partial charge in [0.1, 0.15) is 29.0 Å². The Hall–Kier alpha value is -2.71. The molecular formula is C22H23NO5S2. The third-order valence-corrected chi connectivity index (χ3v) is 5.70. The van der Waals surface area contributed by atoms with Crippen LogP contribution in [0.15, 0.2) is 47.4 Å². The molecule has 30 heavy (non-hydrogen) atoms. The molecule has 1 amide bonds. The number of thiocarbonyl (C=S) groups is 1. The normalized spacial score (nSPS) is 14.9. The predicted octanol–water partition coefficient (Wildman–Crippen LogP) is 4.38. The lowest BCUT2D eigenvalue weighted by Gasteiger charge is -2.12. The van der Waals surface area contributed by atoms with Crippen molar-refractivity contribution >= 4 is 40.3 Å². The van der Waals surface area contributed by atoms with Gasteiger partial charge in [0.05, 0.1) is 19.1 Å². The lowest BCUT2D eigenvalue weighted by Crippen LogP contribution is -2.27. The minimum Gasteiger partial charge on any atom is -0.497 e. The SMILES string of the molecule is CCN1C(=O)C(=Cc2ccc(OCCOc3cccc(OC)c3)c(OC)c2)SC1=S. The zero-order valence-corrected chi connectivity index (χ0v) is 18.7. The Bertz CT molecular complexity index is 960. The average molecular weight is 446 g/mol. The van der Waals surface area contributed by atoms with E-state index in [4.69, 9.17) is 31.2 Å². The quantitative estimate of drug-likeness (QED) is 0.322. The topological polar surface area (TPSA) is 57.2 Å². The van der Waals surface area contributed by atoms with Crippen LogP contribution in [0.3, 0.4) is 0 Å². The minimum absolute atomic E-state index is 0.0681. The molecule has 1 fully saturated rings. The highest BCUT2D eigenvalue weighted by atomic mass is 32.2. The average Bonchev–Trinajstić information content (AvgIpc) is 3.04. The van der Waals surface area contributed by atoms with Crippen LogP contribution in [0.2, 0.25) is 0 Å². The number of hydrogen-bond donors (Lipinski definition) is 0. The molecule has 0 aliphatic carbocycles. The predicted molar refractivity (Wildman–Crippen MR) is 123 cm³/mol. The highest BCUT2D eigenvalue weighted by Gasteiger charge is 2.30. The number of carbonyl (C=O) groups excluding carboxylic acids is 1. The molecule has 1 saturated heterocycles. The molecule has 2 aromatic rings. The van der Waals surface area contributed by atoms with Crippen molar-refractivity contribution in [2.45, 2.75) is 6.92 Å². The van der Waals surface area contributed by atoms with Gasteiger partial charge >= 0.3 is 0 Å². The molecule has 0 bridgehead atoms. The molecule has 8 heteroatoms. The lowest BCUT2D eigenvalue weighted by molar-refractivity contribution is -0.121. The molecule has 0 radical (unpaired) electrons. The minimum atomic E-state index is -0.0681. The van der Waals surface area contributed by atoms with E-state index < -0.39 is 0 Å². The number of thioether (sulfide) groups is 1. The Morgan fingerprint density at radius 3 is 2.47 bits per heavy atom. The number of methoxy groups -OCH3 is 2. The fourth-order valence-corrected chi connectivity index (χ4v) is 4.20.